The minimum atomic E-state index is -1.02. The number of carboxylic acids is 2. The van der Waals surface area contributed by atoms with Crippen molar-refractivity contribution >= 4 is 11.9 Å². The standard InChI is InChI=1S/C9H11NO3.C3H7NO2/c10-8(9(12)13)5-6-1-3-7(11)4-2-6;1-2(4)3(5)6/h1-4,8,11H,5,10H2,(H,12,13);2H,4H2,1H3,(H,5,6)/t;2-/m.0/s1. The van der Waals surface area contributed by atoms with E-state index in [9.17, 15) is 9.59 Å². The van der Waals surface area contributed by atoms with Gasteiger partial charge in [0.25, 0.3) is 0 Å². The SMILES string of the molecule is C[C@H](N)C(=O)O.NC(Cc1ccc(O)cc1)C(=O)O. The molecular weight excluding hydrogens is 252 g/mol. The number of phenols is 1. The maximum Gasteiger partial charge on any atom is 0.320 e. The number of benzene rings is 1. The minimum Gasteiger partial charge on any atom is -0.508 e. The highest BCUT2D eigenvalue weighted by molar-refractivity contribution is 5.73. The van der Waals surface area contributed by atoms with E-state index in [1.54, 1.807) is 12.1 Å². The summed E-state index contributed by atoms with van der Waals surface area (Å²) < 4.78 is 0. The first-order chi connectivity index (χ1) is 8.73. The zero-order chi connectivity index (χ0) is 15.0. The fourth-order valence-corrected chi connectivity index (χ4v) is 0.973. The summed E-state index contributed by atoms with van der Waals surface area (Å²) in [6.07, 6.45) is 0.273. The molecule has 0 aliphatic rings. The van der Waals surface area contributed by atoms with Crippen LogP contribution in [0, 0.1) is 0 Å². The number of aliphatic carboxylic acids is 2. The van der Waals surface area contributed by atoms with E-state index in [4.69, 9.17) is 26.8 Å². The van der Waals surface area contributed by atoms with Gasteiger partial charge in [0.1, 0.15) is 17.8 Å². The van der Waals surface area contributed by atoms with Crippen LogP contribution >= 0.6 is 0 Å². The second-order valence-corrected chi connectivity index (χ2v) is 3.94. The Kier molecular flexibility index (Phi) is 7.16. The molecule has 0 aromatic heterocycles. The molecule has 0 fully saturated rings. The first-order valence-corrected chi connectivity index (χ1v) is 5.48. The minimum absolute atomic E-state index is 0.160. The number of hydrogen-bond donors (Lipinski definition) is 5. The zero-order valence-electron chi connectivity index (χ0n) is 10.5. The van der Waals surface area contributed by atoms with Crippen molar-refractivity contribution in [2.45, 2.75) is 25.4 Å². The third-order valence-electron chi connectivity index (χ3n) is 2.10. The van der Waals surface area contributed by atoms with Gasteiger partial charge in [-0.2, -0.15) is 0 Å². The van der Waals surface area contributed by atoms with E-state index in [1.165, 1.54) is 19.1 Å². The Hall–Kier alpha value is -2.12. The molecule has 0 saturated heterocycles. The van der Waals surface area contributed by atoms with Gasteiger partial charge < -0.3 is 26.8 Å². The lowest BCUT2D eigenvalue weighted by Crippen LogP contribution is -2.32. The number of aromatic hydroxyl groups is 1. The summed E-state index contributed by atoms with van der Waals surface area (Å²) >= 11 is 0. The molecule has 7 heteroatoms. The van der Waals surface area contributed by atoms with Gasteiger partial charge in [-0.05, 0) is 31.0 Å². The van der Waals surface area contributed by atoms with Crippen molar-refractivity contribution in [1.82, 2.24) is 0 Å². The maximum atomic E-state index is 10.4. The van der Waals surface area contributed by atoms with Crippen molar-refractivity contribution in [2.75, 3.05) is 0 Å². The van der Waals surface area contributed by atoms with Gasteiger partial charge in [0.15, 0.2) is 0 Å². The van der Waals surface area contributed by atoms with E-state index in [0.717, 1.165) is 5.56 Å². The summed E-state index contributed by atoms with van der Waals surface area (Å²) in [5, 5.41) is 25.3. The fraction of sp³-hybridized carbons (Fsp3) is 0.333. The summed E-state index contributed by atoms with van der Waals surface area (Å²) in [6.45, 7) is 1.42. The predicted molar refractivity (Wildman–Crippen MR) is 68.7 cm³/mol. The number of hydrogen-bond acceptors (Lipinski definition) is 5. The Morgan fingerprint density at radius 2 is 1.53 bits per heavy atom. The van der Waals surface area contributed by atoms with Crippen LogP contribution in [0.15, 0.2) is 24.3 Å². The van der Waals surface area contributed by atoms with E-state index < -0.39 is 24.0 Å². The van der Waals surface area contributed by atoms with E-state index in [2.05, 4.69) is 0 Å². The van der Waals surface area contributed by atoms with Crippen molar-refractivity contribution < 1.29 is 24.9 Å². The molecule has 0 saturated carbocycles. The molecule has 2 atom stereocenters. The summed E-state index contributed by atoms with van der Waals surface area (Å²) in [4.78, 5) is 20.0. The van der Waals surface area contributed by atoms with E-state index in [-0.39, 0.29) is 12.2 Å². The molecule has 0 amide bonds. The van der Waals surface area contributed by atoms with E-state index in [1.807, 2.05) is 0 Å². The summed E-state index contributed by atoms with van der Waals surface area (Å²) in [5.41, 5.74) is 11.0. The monoisotopic (exact) mass is 270 g/mol. The fourth-order valence-electron chi connectivity index (χ4n) is 0.973. The molecule has 7 nitrogen and oxygen atoms in total. The van der Waals surface area contributed by atoms with Gasteiger partial charge in [-0.3, -0.25) is 9.59 Å². The average Bonchev–Trinajstić information content (AvgIpc) is 2.32. The smallest absolute Gasteiger partial charge is 0.320 e. The second-order valence-electron chi connectivity index (χ2n) is 3.94. The molecule has 1 unspecified atom stereocenters. The lowest BCUT2D eigenvalue weighted by molar-refractivity contribution is -0.139. The van der Waals surface area contributed by atoms with Gasteiger partial charge in [0, 0.05) is 0 Å². The molecule has 0 aliphatic heterocycles. The van der Waals surface area contributed by atoms with Crippen LogP contribution in [-0.4, -0.2) is 39.3 Å². The first-order valence-electron chi connectivity index (χ1n) is 5.48. The largest absolute Gasteiger partial charge is 0.508 e. The molecule has 1 aromatic carbocycles. The third-order valence-corrected chi connectivity index (χ3v) is 2.10. The van der Waals surface area contributed by atoms with Gasteiger partial charge in [-0.25, -0.2) is 0 Å². The molecule has 0 aliphatic carbocycles. The van der Waals surface area contributed by atoms with Crippen LogP contribution in [0.1, 0.15) is 12.5 Å². The van der Waals surface area contributed by atoms with Crippen molar-refractivity contribution in [1.29, 1.82) is 0 Å². The number of carboxylic acid groups (broad SMARTS) is 2. The van der Waals surface area contributed by atoms with Gasteiger partial charge in [0.05, 0.1) is 0 Å². The molecule has 0 bridgehead atoms. The highest BCUT2D eigenvalue weighted by Crippen LogP contribution is 2.10. The highest BCUT2D eigenvalue weighted by Gasteiger charge is 2.11. The first kappa shape index (κ1) is 16.9. The van der Waals surface area contributed by atoms with Crippen LogP contribution in [-0.2, 0) is 16.0 Å². The second kappa shape index (κ2) is 8.06. The predicted octanol–water partition coefficient (Wildman–Crippen LogP) is -0.235. The van der Waals surface area contributed by atoms with Crippen LogP contribution in [0.2, 0.25) is 0 Å². The molecule has 0 spiro atoms. The number of nitrogens with two attached hydrogens (primary N) is 2. The van der Waals surface area contributed by atoms with Gasteiger partial charge in [-0.1, -0.05) is 12.1 Å². The Morgan fingerprint density at radius 1 is 1.11 bits per heavy atom. The van der Waals surface area contributed by atoms with Crippen molar-refractivity contribution in [3.8, 4) is 5.75 Å². The number of phenolic OH excluding ortho intramolecular Hbond substituents is 1. The number of rotatable bonds is 4. The van der Waals surface area contributed by atoms with Crippen molar-refractivity contribution in [3.05, 3.63) is 29.8 Å². The third kappa shape index (κ3) is 7.74. The van der Waals surface area contributed by atoms with Crippen LogP contribution in [0.4, 0.5) is 0 Å². The van der Waals surface area contributed by atoms with Crippen molar-refractivity contribution in [2.24, 2.45) is 11.5 Å². The van der Waals surface area contributed by atoms with Crippen molar-refractivity contribution in [3.63, 3.8) is 0 Å². The molecule has 1 aromatic rings. The zero-order valence-corrected chi connectivity index (χ0v) is 10.5. The Morgan fingerprint density at radius 3 is 1.84 bits per heavy atom. The Labute approximate surface area is 110 Å². The molecule has 7 N–H and O–H groups in total. The Bertz CT molecular complexity index is 417. The lowest BCUT2D eigenvalue weighted by atomic mass is 10.1. The lowest BCUT2D eigenvalue weighted by Gasteiger charge is -2.05. The van der Waals surface area contributed by atoms with Crippen LogP contribution in [0.25, 0.3) is 0 Å². The quantitative estimate of drug-likeness (QED) is 0.507. The average molecular weight is 270 g/mol. The molecular formula is C12H18N2O5. The van der Waals surface area contributed by atoms with Crippen LogP contribution in [0.3, 0.4) is 0 Å². The summed E-state index contributed by atoms with van der Waals surface area (Å²) in [6, 6.07) is 4.69. The van der Waals surface area contributed by atoms with Gasteiger partial charge >= 0.3 is 11.9 Å². The molecule has 0 heterocycles. The maximum absolute atomic E-state index is 10.4. The topological polar surface area (TPSA) is 147 Å². The summed E-state index contributed by atoms with van der Waals surface area (Å²) in [7, 11) is 0. The van der Waals surface area contributed by atoms with Crippen LogP contribution in [0.5, 0.6) is 5.75 Å². The summed E-state index contributed by atoms with van der Waals surface area (Å²) in [5.74, 6) is -1.82. The molecule has 19 heavy (non-hydrogen) atoms. The van der Waals surface area contributed by atoms with Crippen LogP contribution < -0.4 is 11.5 Å². The normalized spacial score (nSPS) is 12.8. The van der Waals surface area contributed by atoms with Gasteiger partial charge in [0.2, 0.25) is 0 Å². The van der Waals surface area contributed by atoms with E-state index in [0.29, 0.717) is 0 Å². The van der Waals surface area contributed by atoms with Gasteiger partial charge in [-0.15, -0.1) is 0 Å². The highest BCUT2D eigenvalue weighted by atomic mass is 16.4. The molecule has 106 valence electrons. The Balaban J connectivity index is 0.000000459. The van der Waals surface area contributed by atoms with E-state index >= 15 is 0 Å². The number of carbonyl (C=O) groups is 2. The molecule has 1 rings (SSSR count). The molecule has 0 radical (unpaired) electrons.